The van der Waals surface area contributed by atoms with E-state index < -0.39 is 0 Å². The van der Waals surface area contributed by atoms with Gasteiger partial charge in [-0.15, -0.1) is 0 Å². The predicted molar refractivity (Wildman–Crippen MR) is 83.8 cm³/mol. The van der Waals surface area contributed by atoms with Gasteiger partial charge >= 0.3 is 0 Å². The first-order valence-electron chi connectivity index (χ1n) is 6.41. The maximum atomic E-state index is 5.63. The zero-order valence-electron chi connectivity index (χ0n) is 11.2. The molecule has 0 radical (unpaired) electrons. The Hall–Kier alpha value is -1.48. The molecule has 0 unspecified atom stereocenters. The standard InChI is InChI=1S/C16H18BrNO/c1-3-19-16-7-5-4-6-13(16)11-18-15-10-12(2)8-9-14(15)17/h4-10,18H,3,11H2,1-2H3. The van der Waals surface area contributed by atoms with Gasteiger partial charge in [0.1, 0.15) is 5.75 Å². The van der Waals surface area contributed by atoms with Gasteiger partial charge in [-0.25, -0.2) is 0 Å². The maximum Gasteiger partial charge on any atom is 0.124 e. The van der Waals surface area contributed by atoms with Crippen molar-refractivity contribution in [2.45, 2.75) is 20.4 Å². The molecular weight excluding hydrogens is 302 g/mol. The van der Waals surface area contributed by atoms with Gasteiger partial charge in [0, 0.05) is 22.3 Å². The van der Waals surface area contributed by atoms with E-state index in [2.05, 4.69) is 52.4 Å². The maximum absolute atomic E-state index is 5.63. The van der Waals surface area contributed by atoms with Crippen molar-refractivity contribution in [3.63, 3.8) is 0 Å². The molecule has 1 N–H and O–H groups in total. The lowest BCUT2D eigenvalue weighted by Crippen LogP contribution is -2.03. The second kappa shape index (κ2) is 6.62. The number of ether oxygens (including phenoxy) is 1. The third-order valence-electron chi connectivity index (χ3n) is 2.86. The highest BCUT2D eigenvalue weighted by atomic mass is 79.9. The molecule has 3 heteroatoms. The van der Waals surface area contributed by atoms with Gasteiger partial charge in [-0.1, -0.05) is 24.3 Å². The van der Waals surface area contributed by atoms with E-state index >= 15 is 0 Å². The Morgan fingerprint density at radius 2 is 1.95 bits per heavy atom. The van der Waals surface area contributed by atoms with E-state index in [0.717, 1.165) is 28.0 Å². The predicted octanol–water partition coefficient (Wildman–Crippen LogP) is 4.77. The second-order valence-electron chi connectivity index (χ2n) is 4.38. The molecule has 0 spiro atoms. The van der Waals surface area contributed by atoms with Gasteiger partial charge in [0.15, 0.2) is 0 Å². The van der Waals surface area contributed by atoms with E-state index in [4.69, 9.17) is 4.74 Å². The van der Waals surface area contributed by atoms with Crippen LogP contribution in [0.3, 0.4) is 0 Å². The van der Waals surface area contributed by atoms with Crippen LogP contribution in [0.2, 0.25) is 0 Å². The molecule has 2 aromatic carbocycles. The third-order valence-corrected chi connectivity index (χ3v) is 3.56. The lowest BCUT2D eigenvalue weighted by atomic mass is 10.2. The molecule has 0 bridgehead atoms. The van der Waals surface area contributed by atoms with Crippen molar-refractivity contribution in [3.05, 3.63) is 58.1 Å². The van der Waals surface area contributed by atoms with E-state index in [0.29, 0.717) is 6.61 Å². The molecule has 0 aliphatic heterocycles. The molecule has 0 amide bonds. The molecule has 0 saturated heterocycles. The number of nitrogens with one attached hydrogen (secondary N) is 1. The Morgan fingerprint density at radius 1 is 1.16 bits per heavy atom. The van der Waals surface area contributed by atoms with Crippen LogP contribution in [0.4, 0.5) is 5.69 Å². The number of hydrogen-bond acceptors (Lipinski definition) is 2. The third kappa shape index (κ3) is 3.74. The molecule has 2 aromatic rings. The molecule has 0 aromatic heterocycles. The fourth-order valence-electron chi connectivity index (χ4n) is 1.91. The van der Waals surface area contributed by atoms with E-state index in [1.165, 1.54) is 5.56 Å². The van der Waals surface area contributed by atoms with Crippen LogP contribution in [0, 0.1) is 6.92 Å². The molecule has 0 atom stereocenters. The first-order chi connectivity index (χ1) is 9.20. The summed E-state index contributed by atoms with van der Waals surface area (Å²) < 4.78 is 6.70. The smallest absolute Gasteiger partial charge is 0.124 e. The minimum atomic E-state index is 0.686. The summed E-state index contributed by atoms with van der Waals surface area (Å²) >= 11 is 3.56. The van der Waals surface area contributed by atoms with Crippen LogP contribution in [0.5, 0.6) is 5.75 Å². The second-order valence-corrected chi connectivity index (χ2v) is 5.23. The van der Waals surface area contributed by atoms with Gasteiger partial charge in [0.05, 0.1) is 6.61 Å². The summed E-state index contributed by atoms with van der Waals surface area (Å²) in [6.07, 6.45) is 0. The highest BCUT2D eigenvalue weighted by molar-refractivity contribution is 9.10. The van der Waals surface area contributed by atoms with Gasteiger partial charge in [0.2, 0.25) is 0 Å². The summed E-state index contributed by atoms with van der Waals surface area (Å²) in [7, 11) is 0. The van der Waals surface area contributed by atoms with Crippen molar-refractivity contribution in [3.8, 4) is 5.75 Å². The molecule has 100 valence electrons. The first-order valence-corrected chi connectivity index (χ1v) is 7.20. The van der Waals surface area contributed by atoms with E-state index in [1.54, 1.807) is 0 Å². The molecule has 19 heavy (non-hydrogen) atoms. The number of anilines is 1. The van der Waals surface area contributed by atoms with Crippen LogP contribution >= 0.6 is 15.9 Å². The molecule has 0 fully saturated rings. The summed E-state index contributed by atoms with van der Waals surface area (Å²) in [5.41, 5.74) is 3.51. The SMILES string of the molecule is CCOc1ccccc1CNc1cc(C)ccc1Br. The molecule has 0 saturated carbocycles. The van der Waals surface area contributed by atoms with Crippen LogP contribution < -0.4 is 10.1 Å². The minimum Gasteiger partial charge on any atom is -0.494 e. The number of para-hydroxylation sites is 1. The van der Waals surface area contributed by atoms with Crippen LogP contribution in [-0.4, -0.2) is 6.61 Å². The van der Waals surface area contributed by atoms with Gasteiger partial charge in [0.25, 0.3) is 0 Å². The van der Waals surface area contributed by atoms with Crippen molar-refractivity contribution in [1.82, 2.24) is 0 Å². The van der Waals surface area contributed by atoms with Crippen molar-refractivity contribution in [2.24, 2.45) is 0 Å². The summed E-state index contributed by atoms with van der Waals surface area (Å²) in [5.74, 6) is 0.946. The lowest BCUT2D eigenvalue weighted by molar-refractivity contribution is 0.337. The monoisotopic (exact) mass is 319 g/mol. The largest absolute Gasteiger partial charge is 0.494 e. The fraction of sp³-hybridized carbons (Fsp3) is 0.250. The quantitative estimate of drug-likeness (QED) is 0.857. The summed E-state index contributed by atoms with van der Waals surface area (Å²) in [4.78, 5) is 0. The van der Waals surface area contributed by atoms with Gasteiger partial charge in [-0.2, -0.15) is 0 Å². The van der Waals surface area contributed by atoms with E-state index in [-0.39, 0.29) is 0 Å². The number of halogens is 1. The number of aryl methyl sites for hydroxylation is 1. The van der Waals surface area contributed by atoms with E-state index in [9.17, 15) is 0 Å². The Morgan fingerprint density at radius 3 is 2.74 bits per heavy atom. The van der Waals surface area contributed by atoms with Crippen LogP contribution in [-0.2, 0) is 6.54 Å². The summed E-state index contributed by atoms with van der Waals surface area (Å²) in [6.45, 7) is 5.52. The van der Waals surface area contributed by atoms with Crippen molar-refractivity contribution >= 4 is 21.6 Å². The first kappa shape index (κ1) is 13.9. The van der Waals surface area contributed by atoms with Crippen molar-refractivity contribution in [1.29, 1.82) is 0 Å². The zero-order chi connectivity index (χ0) is 13.7. The number of rotatable bonds is 5. The number of benzene rings is 2. The fourth-order valence-corrected chi connectivity index (χ4v) is 2.30. The molecule has 0 aliphatic carbocycles. The highest BCUT2D eigenvalue weighted by Gasteiger charge is 2.04. The number of hydrogen-bond donors (Lipinski definition) is 1. The molecular formula is C16H18BrNO. The van der Waals surface area contributed by atoms with Crippen LogP contribution in [0.25, 0.3) is 0 Å². The Labute approximate surface area is 122 Å². The van der Waals surface area contributed by atoms with Gasteiger partial charge < -0.3 is 10.1 Å². The molecule has 0 heterocycles. The minimum absolute atomic E-state index is 0.686. The van der Waals surface area contributed by atoms with Crippen LogP contribution in [0.15, 0.2) is 46.9 Å². The van der Waals surface area contributed by atoms with Crippen LogP contribution in [0.1, 0.15) is 18.1 Å². The topological polar surface area (TPSA) is 21.3 Å². The van der Waals surface area contributed by atoms with Crippen molar-refractivity contribution in [2.75, 3.05) is 11.9 Å². The van der Waals surface area contributed by atoms with Gasteiger partial charge in [-0.05, 0) is 53.5 Å². The average molecular weight is 320 g/mol. The Balaban J connectivity index is 2.12. The lowest BCUT2D eigenvalue weighted by Gasteiger charge is -2.13. The Bertz CT molecular complexity index is 554. The summed E-state index contributed by atoms with van der Waals surface area (Å²) in [6, 6.07) is 14.4. The molecule has 2 nitrogen and oxygen atoms in total. The normalized spacial score (nSPS) is 10.3. The highest BCUT2D eigenvalue weighted by Crippen LogP contribution is 2.25. The molecule has 0 aliphatic rings. The zero-order valence-corrected chi connectivity index (χ0v) is 12.8. The Kier molecular flexibility index (Phi) is 4.86. The van der Waals surface area contributed by atoms with E-state index in [1.807, 2.05) is 25.1 Å². The molecule has 2 rings (SSSR count). The van der Waals surface area contributed by atoms with Gasteiger partial charge in [-0.3, -0.25) is 0 Å². The average Bonchev–Trinajstić information content (AvgIpc) is 2.42. The van der Waals surface area contributed by atoms with Crippen molar-refractivity contribution < 1.29 is 4.74 Å². The summed E-state index contributed by atoms with van der Waals surface area (Å²) in [5, 5.41) is 3.44.